The lowest BCUT2D eigenvalue weighted by Gasteiger charge is -2.17. The first kappa shape index (κ1) is 22.4. The molecule has 1 saturated carbocycles. The number of rotatable bonds is 6. The summed E-state index contributed by atoms with van der Waals surface area (Å²) in [4.78, 5) is 20.2. The maximum atomic E-state index is 11.2. The second kappa shape index (κ2) is 8.97. The highest BCUT2D eigenvalue weighted by Crippen LogP contribution is 2.46. The summed E-state index contributed by atoms with van der Waals surface area (Å²) in [6.07, 6.45) is 2.55. The summed E-state index contributed by atoms with van der Waals surface area (Å²) in [7, 11) is 3.05. The van der Waals surface area contributed by atoms with Crippen molar-refractivity contribution in [2.24, 2.45) is 11.7 Å². The van der Waals surface area contributed by atoms with E-state index in [0.717, 1.165) is 10.9 Å². The lowest BCUT2D eigenvalue weighted by atomic mass is 10.0. The molecule has 0 saturated heterocycles. The Hall–Kier alpha value is -2.81. The van der Waals surface area contributed by atoms with E-state index in [2.05, 4.69) is 15.3 Å². The Kier molecular flexibility index (Phi) is 6.28. The van der Waals surface area contributed by atoms with Crippen molar-refractivity contribution in [3.8, 4) is 22.6 Å². The molecule has 168 valence electrons. The SMILES string of the molecule is COc1cc(OC)c(Cl)c(-c2ccc3nc(N[C@@H]4CC(C(=O)O)C[C@@H]4N)ncc3c2)c1Cl. The Balaban J connectivity index is 1.65. The fourth-order valence-corrected chi connectivity index (χ4v) is 4.72. The molecule has 0 aliphatic heterocycles. The summed E-state index contributed by atoms with van der Waals surface area (Å²) >= 11 is 13.1. The largest absolute Gasteiger partial charge is 0.495 e. The van der Waals surface area contributed by atoms with Gasteiger partial charge in [0.2, 0.25) is 5.95 Å². The maximum absolute atomic E-state index is 11.2. The van der Waals surface area contributed by atoms with E-state index in [1.54, 1.807) is 12.3 Å². The van der Waals surface area contributed by atoms with E-state index in [1.165, 1.54) is 14.2 Å². The molecule has 1 fully saturated rings. The van der Waals surface area contributed by atoms with Gasteiger partial charge in [0.05, 0.1) is 35.7 Å². The van der Waals surface area contributed by atoms with Gasteiger partial charge < -0.3 is 25.6 Å². The Morgan fingerprint density at radius 3 is 2.44 bits per heavy atom. The molecule has 3 aromatic rings. The number of benzene rings is 2. The Labute approximate surface area is 194 Å². The number of ether oxygens (including phenoxy) is 2. The molecule has 1 aliphatic rings. The molecule has 0 spiro atoms. The van der Waals surface area contributed by atoms with Crippen LogP contribution in [-0.4, -0.2) is 47.3 Å². The zero-order valence-corrected chi connectivity index (χ0v) is 18.9. The predicted molar refractivity (Wildman–Crippen MR) is 124 cm³/mol. The first-order valence-corrected chi connectivity index (χ1v) is 10.7. The van der Waals surface area contributed by atoms with Crippen molar-refractivity contribution in [1.29, 1.82) is 0 Å². The number of anilines is 1. The van der Waals surface area contributed by atoms with Gasteiger partial charge in [-0.1, -0.05) is 29.3 Å². The van der Waals surface area contributed by atoms with Gasteiger partial charge in [0.15, 0.2) is 0 Å². The molecule has 1 aliphatic carbocycles. The summed E-state index contributed by atoms with van der Waals surface area (Å²) in [5.41, 5.74) is 8.15. The number of nitrogens with one attached hydrogen (secondary N) is 1. The van der Waals surface area contributed by atoms with Crippen LogP contribution < -0.4 is 20.5 Å². The van der Waals surface area contributed by atoms with Gasteiger partial charge in [0.25, 0.3) is 0 Å². The molecule has 1 unspecified atom stereocenters. The molecule has 3 atom stereocenters. The van der Waals surface area contributed by atoms with Crippen molar-refractivity contribution in [2.75, 3.05) is 19.5 Å². The molecule has 0 bridgehead atoms. The van der Waals surface area contributed by atoms with Gasteiger partial charge in [-0.15, -0.1) is 0 Å². The molecule has 10 heteroatoms. The van der Waals surface area contributed by atoms with Crippen molar-refractivity contribution in [2.45, 2.75) is 24.9 Å². The van der Waals surface area contributed by atoms with Crippen LogP contribution in [0.15, 0.2) is 30.5 Å². The summed E-state index contributed by atoms with van der Waals surface area (Å²) in [5, 5.41) is 13.9. The monoisotopic (exact) mass is 476 g/mol. The van der Waals surface area contributed by atoms with Crippen LogP contribution in [0.2, 0.25) is 10.0 Å². The predicted octanol–water partition coefficient (Wildman–Crippen LogP) is 4.22. The number of methoxy groups -OCH3 is 2. The first-order chi connectivity index (χ1) is 15.3. The molecule has 4 N–H and O–H groups in total. The molecular formula is C22H22Cl2N4O4. The minimum absolute atomic E-state index is 0.199. The van der Waals surface area contributed by atoms with Crippen LogP contribution in [0.25, 0.3) is 22.0 Å². The lowest BCUT2D eigenvalue weighted by molar-refractivity contribution is -0.141. The first-order valence-electron chi connectivity index (χ1n) is 9.94. The quantitative estimate of drug-likeness (QED) is 0.483. The van der Waals surface area contributed by atoms with Gasteiger partial charge in [0, 0.05) is 35.3 Å². The third-order valence-electron chi connectivity index (χ3n) is 5.72. The number of carboxylic acids is 1. The van der Waals surface area contributed by atoms with E-state index in [9.17, 15) is 9.90 Å². The van der Waals surface area contributed by atoms with Gasteiger partial charge >= 0.3 is 5.97 Å². The van der Waals surface area contributed by atoms with E-state index >= 15 is 0 Å². The zero-order chi connectivity index (χ0) is 23.0. The number of aromatic nitrogens is 2. The second-order valence-corrected chi connectivity index (χ2v) is 8.43. The van der Waals surface area contributed by atoms with Crippen LogP contribution in [-0.2, 0) is 4.79 Å². The van der Waals surface area contributed by atoms with Crippen LogP contribution in [0.3, 0.4) is 0 Å². The smallest absolute Gasteiger partial charge is 0.306 e. The number of nitrogens with two attached hydrogens (primary N) is 1. The molecule has 0 radical (unpaired) electrons. The molecule has 32 heavy (non-hydrogen) atoms. The standard InChI is InChI=1S/C22H22Cl2N4O4/c1-31-16-8-17(32-2)20(24)18(19(16)23)10-3-4-14-12(5-10)9-26-22(27-14)28-15-7-11(21(29)30)6-13(15)25/h3-5,8-9,11,13,15H,6-7,25H2,1-2H3,(H,29,30)(H,26,27,28)/t11?,13-,15+/m0/s1. The van der Waals surface area contributed by atoms with Crippen molar-refractivity contribution in [3.63, 3.8) is 0 Å². The Bertz CT molecular complexity index is 1160. The van der Waals surface area contributed by atoms with E-state index in [4.69, 9.17) is 38.4 Å². The van der Waals surface area contributed by atoms with Crippen LogP contribution in [0.5, 0.6) is 11.5 Å². The highest BCUT2D eigenvalue weighted by Gasteiger charge is 2.36. The number of nitrogens with zero attached hydrogens (tertiary/aromatic N) is 2. The third kappa shape index (κ3) is 4.13. The van der Waals surface area contributed by atoms with Crippen molar-refractivity contribution < 1.29 is 19.4 Å². The van der Waals surface area contributed by atoms with Crippen LogP contribution in [0, 0.1) is 5.92 Å². The highest BCUT2D eigenvalue weighted by atomic mass is 35.5. The summed E-state index contributed by atoms with van der Waals surface area (Å²) in [6, 6.07) is 6.74. The van der Waals surface area contributed by atoms with E-state index in [-0.39, 0.29) is 12.1 Å². The topological polar surface area (TPSA) is 120 Å². The minimum atomic E-state index is -0.830. The minimum Gasteiger partial charge on any atom is -0.495 e. The molecule has 8 nitrogen and oxygen atoms in total. The molecular weight excluding hydrogens is 455 g/mol. The van der Waals surface area contributed by atoms with Crippen LogP contribution in [0.1, 0.15) is 12.8 Å². The number of fused-ring (bicyclic) bond motifs is 1. The molecule has 2 aromatic carbocycles. The average Bonchev–Trinajstić information content (AvgIpc) is 3.14. The summed E-state index contributed by atoms with van der Waals surface area (Å²) < 4.78 is 10.7. The molecule has 0 amide bonds. The summed E-state index contributed by atoms with van der Waals surface area (Å²) in [5.74, 6) is 0.0108. The number of carbonyl (C=O) groups is 1. The van der Waals surface area contributed by atoms with Gasteiger partial charge in [-0.25, -0.2) is 9.97 Å². The van der Waals surface area contributed by atoms with E-state index in [0.29, 0.717) is 51.4 Å². The zero-order valence-electron chi connectivity index (χ0n) is 17.4. The molecule has 4 rings (SSSR count). The number of carboxylic acid groups (broad SMARTS) is 1. The van der Waals surface area contributed by atoms with Gasteiger partial charge in [-0.3, -0.25) is 4.79 Å². The second-order valence-electron chi connectivity index (χ2n) is 7.67. The molecule has 1 heterocycles. The number of aliphatic carboxylic acids is 1. The normalized spacial score (nSPS) is 20.3. The molecule has 1 aromatic heterocycles. The number of halogens is 2. The summed E-state index contributed by atoms with van der Waals surface area (Å²) in [6.45, 7) is 0. The van der Waals surface area contributed by atoms with Crippen LogP contribution >= 0.6 is 23.2 Å². The van der Waals surface area contributed by atoms with E-state index in [1.807, 2.05) is 18.2 Å². The third-order valence-corrected chi connectivity index (χ3v) is 6.47. The fourth-order valence-electron chi connectivity index (χ4n) is 4.00. The Morgan fingerprint density at radius 1 is 1.16 bits per heavy atom. The van der Waals surface area contributed by atoms with E-state index < -0.39 is 11.9 Å². The fraction of sp³-hybridized carbons (Fsp3) is 0.318. The highest BCUT2D eigenvalue weighted by molar-refractivity contribution is 6.41. The van der Waals surface area contributed by atoms with Gasteiger partial charge in [-0.05, 0) is 30.5 Å². The van der Waals surface area contributed by atoms with Crippen molar-refractivity contribution >= 4 is 46.0 Å². The number of hydrogen-bond donors (Lipinski definition) is 3. The average molecular weight is 477 g/mol. The Morgan fingerprint density at radius 2 is 1.84 bits per heavy atom. The number of hydrogen-bond acceptors (Lipinski definition) is 7. The van der Waals surface area contributed by atoms with Crippen LogP contribution in [0.4, 0.5) is 5.95 Å². The van der Waals surface area contributed by atoms with Gasteiger partial charge in [0.1, 0.15) is 11.5 Å². The lowest BCUT2D eigenvalue weighted by Crippen LogP contribution is -2.35. The van der Waals surface area contributed by atoms with Gasteiger partial charge in [-0.2, -0.15) is 0 Å². The maximum Gasteiger partial charge on any atom is 0.306 e. The van der Waals surface area contributed by atoms with Crippen molar-refractivity contribution in [1.82, 2.24) is 9.97 Å². The van der Waals surface area contributed by atoms with Crippen molar-refractivity contribution in [3.05, 3.63) is 40.5 Å².